The first kappa shape index (κ1) is 23.4. The van der Waals surface area contributed by atoms with Crippen molar-refractivity contribution >= 4 is 52.8 Å². The molecule has 0 radical (unpaired) electrons. The molecular weight excluding hydrogens is 499 g/mol. The SMILES string of the molecule is O=C(N/N=C\c1ccc(Sc2n[nH]c(-c3ccc(Cl)cc3Cl)n2)c([N+](=O)[O-])c1)c1ccccc1. The lowest BCUT2D eigenvalue weighted by Crippen LogP contribution is -2.17. The summed E-state index contributed by atoms with van der Waals surface area (Å²) in [6.07, 6.45) is 1.33. The summed E-state index contributed by atoms with van der Waals surface area (Å²) in [6.45, 7) is 0. The number of benzene rings is 3. The van der Waals surface area contributed by atoms with Crippen LogP contribution in [0, 0.1) is 10.1 Å². The van der Waals surface area contributed by atoms with E-state index in [2.05, 4.69) is 25.7 Å². The highest BCUT2D eigenvalue weighted by molar-refractivity contribution is 7.99. The third-order valence-corrected chi connectivity index (χ3v) is 5.93. The van der Waals surface area contributed by atoms with Crippen LogP contribution in [0.15, 0.2) is 81.9 Å². The molecule has 1 heterocycles. The molecule has 4 rings (SSSR count). The number of hydrogen-bond acceptors (Lipinski definition) is 7. The highest BCUT2D eigenvalue weighted by atomic mass is 35.5. The molecule has 0 fully saturated rings. The molecule has 2 N–H and O–H groups in total. The second kappa shape index (κ2) is 10.5. The Hall–Kier alpha value is -3.73. The van der Waals surface area contributed by atoms with E-state index in [4.69, 9.17) is 23.2 Å². The summed E-state index contributed by atoms with van der Waals surface area (Å²) in [5.74, 6) is 0.0180. The van der Waals surface area contributed by atoms with Crippen molar-refractivity contribution in [3.8, 4) is 11.4 Å². The Kier molecular flexibility index (Phi) is 7.21. The predicted molar refractivity (Wildman–Crippen MR) is 131 cm³/mol. The Balaban J connectivity index is 1.49. The number of H-pyrrole nitrogens is 1. The lowest BCUT2D eigenvalue weighted by Gasteiger charge is -2.02. The Labute approximate surface area is 207 Å². The first-order valence-electron chi connectivity index (χ1n) is 9.63. The van der Waals surface area contributed by atoms with Gasteiger partial charge in [-0.2, -0.15) is 5.10 Å². The zero-order valence-corrected chi connectivity index (χ0v) is 19.4. The van der Waals surface area contributed by atoms with E-state index in [0.717, 1.165) is 11.8 Å². The lowest BCUT2D eigenvalue weighted by molar-refractivity contribution is -0.387. The largest absolute Gasteiger partial charge is 0.283 e. The zero-order chi connectivity index (χ0) is 24.1. The molecule has 0 atom stereocenters. The lowest BCUT2D eigenvalue weighted by atomic mass is 10.2. The van der Waals surface area contributed by atoms with Gasteiger partial charge in [0.15, 0.2) is 5.82 Å². The van der Waals surface area contributed by atoms with Crippen LogP contribution in [0.2, 0.25) is 10.0 Å². The number of aromatic amines is 1. The Morgan fingerprint density at radius 2 is 1.91 bits per heavy atom. The van der Waals surface area contributed by atoms with Crippen LogP contribution >= 0.6 is 35.0 Å². The quantitative estimate of drug-likeness (QED) is 0.188. The van der Waals surface area contributed by atoms with Crippen LogP contribution in [0.3, 0.4) is 0 Å². The number of carbonyl (C=O) groups is 1. The number of halogens is 2. The fourth-order valence-electron chi connectivity index (χ4n) is 2.86. The summed E-state index contributed by atoms with van der Waals surface area (Å²) < 4.78 is 0. The molecule has 34 heavy (non-hydrogen) atoms. The number of nitro groups is 1. The molecule has 1 amide bonds. The van der Waals surface area contributed by atoms with Gasteiger partial charge < -0.3 is 0 Å². The molecule has 0 spiro atoms. The molecule has 0 saturated carbocycles. The number of carbonyl (C=O) groups excluding carboxylic acids is 1. The van der Waals surface area contributed by atoms with Crippen molar-refractivity contribution in [1.29, 1.82) is 0 Å². The second-order valence-electron chi connectivity index (χ2n) is 6.74. The van der Waals surface area contributed by atoms with Crippen molar-refractivity contribution in [2.24, 2.45) is 5.10 Å². The van der Waals surface area contributed by atoms with Crippen molar-refractivity contribution in [3.63, 3.8) is 0 Å². The minimum atomic E-state index is -0.508. The predicted octanol–water partition coefficient (Wildman–Crippen LogP) is 5.60. The molecule has 0 aliphatic heterocycles. The molecule has 170 valence electrons. The maximum atomic E-state index is 12.0. The first-order chi connectivity index (χ1) is 16.4. The summed E-state index contributed by atoms with van der Waals surface area (Å²) in [5.41, 5.74) is 3.72. The summed E-state index contributed by atoms with van der Waals surface area (Å²) in [6, 6.07) is 18.1. The normalized spacial score (nSPS) is 11.0. The van der Waals surface area contributed by atoms with E-state index < -0.39 is 4.92 Å². The van der Waals surface area contributed by atoms with Crippen molar-refractivity contribution in [1.82, 2.24) is 20.6 Å². The number of nitrogens with one attached hydrogen (secondary N) is 2. The van der Waals surface area contributed by atoms with Gasteiger partial charge in [0.25, 0.3) is 11.6 Å². The van der Waals surface area contributed by atoms with E-state index in [9.17, 15) is 14.9 Å². The van der Waals surface area contributed by atoms with Crippen LogP contribution in [-0.4, -0.2) is 32.2 Å². The van der Waals surface area contributed by atoms with E-state index in [1.165, 1.54) is 12.3 Å². The molecule has 0 unspecified atom stereocenters. The third-order valence-electron chi connectivity index (χ3n) is 4.45. The average Bonchev–Trinajstić information content (AvgIpc) is 3.28. The van der Waals surface area contributed by atoms with Gasteiger partial charge in [-0.05, 0) is 48.2 Å². The highest BCUT2D eigenvalue weighted by Gasteiger charge is 2.18. The molecule has 0 aliphatic carbocycles. The van der Waals surface area contributed by atoms with Gasteiger partial charge in [-0.3, -0.25) is 20.0 Å². The maximum Gasteiger partial charge on any atom is 0.283 e. The van der Waals surface area contributed by atoms with Gasteiger partial charge in [0, 0.05) is 27.8 Å². The average molecular weight is 513 g/mol. The van der Waals surface area contributed by atoms with Crippen LogP contribution in [0.4, 0.5) is 5.69 Å². The maximum absolute atomic E-state index is 12.0. The zero-order valence-electron chi connectivity index (χ0n) is 17.1. The standard InChI is InChI=1S/C22H14Cl2N6O3S/c23-15-7-8-16(17(24)11-15)20-26-22(29-27-20)34-19-9-6-13(10-18(19)30(32)33)12-25-28-21(31)14-4-2-1-3-5-14/h1-12H,(H,28,31)(H,26,27,29)/b25-12-. The highest BCUT2D eigenvalue weighted by Crippen LogP contribution is 2.35. The molecule has 0 bridgehead atoms. The minimum absolute atomic E-state index is 0.154. The van der Waals surface area contributed by atoms with E-state index in [1.54, 1.807) is 60.7 Å². The van der Waals surface area contributed by atoms with Gasteiger partial charge in [-0.15, -0.1) is 5.10 Å². The van der Waals surface area contributed by atoms with E-state index in [0.29, 0.717) is 37.5 Å². The van der Waals surface area contributed by atoms with Gasteiger partial charge >= 0.3 is 0 Å². The Bertz CT molecular complexity index is 1390. The molecule has 1 aromatic heterocycles. The van der Waals surface area contributed by atoms with Gasteiger partial charge in [-0.25, -0.2) is 10.4 Å². The molecule has 3 aromatic carbocycles. The summed E-state index contributed by atoms with van der Waals surface area (Å²) in [4.78, 5) is 27.9. The smallest absolute Gasteiger partial charge is 0.267 e. The van der Waals surface area contributed by atoms with Crippen molar-refractivity contribution in [3.05, 3.63) is 98.0 Å². The third kappa shape index (κ3) is 5.60. The Morgan fingerprint density at radius 1 is 1.12 bits per heavy atom. The number of aromatic nitrogens is 3. The molecule has 4 aromatic rings. The molecule has 0 saturated heterocycles. The number of nitro benzene ring substituents is 1. The summed E-state index contributed by atoms with van der Waals surface area (Å²) in [7, 11) is 0. The van der Waals surface area contributed by atoms with Gasteiger partial charge in [0.1, 0.15) is 0 Å². The Morgan fingerprint density at radius 3 is 2.65 bits per heavy atom. The van der Waals surface area contributed by atoms with Crippen molar-refractivity contribution in [2.45, 2.75) is 10.1 Å². The summed E-state index contributed by atoms with van der Waals surface area (Å²) in [5, 5.41) is 23.6. The minimum Gasteiger partial charge on any atom is -0.267 e. The van der Waals surface area contributed by atoms with E-state index in [-0.39, 0.29) is 16.8 Å². The molecule has 12 heteroatoms. The topological polar surface area (TPSA) is 126 Å². The molecule has 9 nitrogen and oxygen atoms in total. The van der Waals surface area contributed by atoms with E-state index >= 15 is 0 Å². The fourth-order valence-corrected chi connectivity index (χ4v) is 4.15. The van der Waals surface area contributed by atoms with Gasteiger partial charge in [0.05, 0.1) is 21.1 Å². The van der Waals surface area contributed by atoms with Crippen molar-refractivity contribution < 1.29 is 9.72 Å². The number of nitrogens with zero attached hydrogens (tertiary/aromatic N) is 4. The monoisotopic (exact) mass is 512 g/mol. The second-order valence-corrected chi connectivity index (χ2v) is 8.59. The van der Waals surface area contributed by atoms with Crippen LogP contribution in [0.1, 0.15) is 15.9 Å². The fraction of sp³-hybridized carbons (Fsp3) is 0. The summed E-state index contributed by atoms with van der Waals surface area (Å²) >= 11 is 13.2. The molecule has 0 aliphatic rings. The number of rotatable bonds is 7. The number of amides is 1. The van der Waals surface area contributed by atoms with Crippen molar-refractivity contribution in [2.75, 3.05) is 0 Å². The number of hydrogen-bond donors (Lipinski definition) is 2. The molecular formula is C22H14Cl2N6O3S. The van der Waals surface area contributed by atoms with Gasteiger partial charge in [-0.1, -0.05) is 47.5 Å². The van der Waals surface area contributed by atoms with Crippen LogP contribution in [0.5, 0.6) is 0 Å². The van der Waals surface area contributed by atoms with Crippen LogP contribution in [-0.2, 0) is 0 Å². The van der Waals surface area contributed by atoms with Gasteiger partial charge in [0.2, 0.25) is 5.16 Å². The van der Waals surface area contributed by atoms with Crippen LogP contribution in [0.25, 0.3) is 11.4 Å². The number of hydrazone groups is 1. The van der Waals surface area contributed by atoms with Crippen LogP contribution < -0.4 is 5.43 Å². The first-order valence-corrected chi connectivity index (χ1v) is 11.2. The van der Waals surface area contributed by atoms with E-state index in [1.807, 2.05) is 0 Å².